The molecule has 0 saturated heterocycles. The molecule has 1 aromatic carbocycles. The first-order valence-corrected chi connectivity index (χ1v) is 9.88. The fraction of sp³-hybridized carbons (Fsp3) is 0.368. The van der Waals surface area contributed by atoms with Gasteiger partial charge in [-0.15, -0.1) is 11.3 Å². The summed E-state index contributed by atoms with van der Waals surface area (Å²) in [4.78, 5) is 20.9. The second-order valence-electron chi connectivity index (χ2n) is 6.76. The Morgan fingerprint density at radius 2 is 1.96 bits per heavy atom. The Morgan fingerprint density at radius 1 is 1.21 bits per heavy atom. The molecular weight excluding hydrogens is 386 g/mol. The van der Waals surface area contributed by atoms with Crippen molar-refractivity contribution in [2.24, 2.45) is 0 Å². The van der Waals surface area contributed by atoms with Crippen LogP contribution in [0.2, 0.25) is 0 Å². The predicted molar refractivity (Wildman–Crippen MR) is 99.2 cm³/mol. The molecule has 1 fully saturated rings. The van der Waals surface area contributed by atoms with Crippen molar-refractivity contribution >= 4 is 17.2 Å². The van der Waals surface area contributed by atoms with Crippen LogP contribution in [0.1, 0.15) is 53.8 Å². The molecule has 1 saturated carbocycles. The molecule has 1 aliphatic carbocycles. The molecule has 0 unspecified atom stereocenters. The van der Waals surface area contributed by atoms with Gasteiger partial charge in [0.15, 0.2) is 5.82 Å². The van der Waals surface area contributed by atoms with Gasteiger partial charge in [-0.05, 0) is 12.8 Å². The molecule has 0 atom stereocenters. The van der Waals surface area contributed by atoms with E-state index in [1.54, 1.807) is 5.38 Å². The minimum atomic E-state index is -2.59. The number of carbonyl (C=O) groups is 1. The third-order valence-corrected chi connectivity index (χ3v) is 5.62. The average molecular weight is 404 g/mol. The number of amides is 1. The Balaban J connectivity index is 1.33. The Kier molecular flexibility index (Phi) is 5.17. The van der Waals surface area contributed by atoms with E-state index in [2.05, 4.69) is 20.4 Å². The van der Waals surface area contributed by atoms with Gasteiger partial charge in [-0.3, -0.25) is 4.79 Å². The fourth-order valence-electron chi connectivity index (χ4n) is 3.14. The summed E-state index contributed by atoms with van der Waals surface area (Å²) in [6.45, 7) is 0.0624. The smallest absolute Gasteiger partial charge is 0.271 e. The molecule has 0 spiro atoms. The fourth-order valence-corrected chi connectivity index (χ4v) is 3.95. The van der Waals surface area contributed by atoms with E-state index in [1.807, 2.05) is 30.3 Å². The molecule has 0 radical (unpaired) electrons. The number of nitrogens with zero attached hydrogens (tertiary/aromatic N) is 3. The first-order chi connectivity index (χ1) is 13.5. The van der Waals surface area contributed by atoms with E-state index in [9.17, 15) is 13.6 Å². The third kappa shape index (κ3) is 4.24. The van der Waals surface area contributed by atoms with Crippen LogP contribution in [0.25, 0.3) is 10.6 Å². The molecule has 6 nitrogen and oxygen atoms in total. The number of hydrogen-bond donors (Lipinski definition) is 1. The lowest BCUT2D eigenvalue weighted by Crippen LogP contribution is -2.24. The highest BCUT2D eigenvalue weighted by Gasteiger charge is 2.36. The second kappa shape index (κ2) is 7.75. The molecular formula is C19H18F2N4O2S. The average Bonchev–Trinajstić information content (AvgIpc) is 3.37. The van der Waals surface area contributed by atoms with Crippen LogP contribution in [-0.4, -0.2) is 27.0 Å². The molecule has 1 N–H and O–H groups in total. The number of benzene rings is 1. The molecule has 0 aliphatic heterocycles. The maximum atomic E-state index is 13.3. The van der Waals surface area contributed by atoms with Gasteiger partial charge in [0, 0.05) is 29.7 Å². The first-order valence-electron chi connectivity index (χ1n) is 9.00. The summed E-state index contributed by atoms with van der Waals surface area (Å²) in [7, 11) is 0. The second-order valence-corrected chi connectivity index (χ2v) is 7.62. The molecule has 1 aliphatic rings. The zero-order valence-electron chi connectivity index (χ0n) is 14.9. The number of hydrogen-bond acceptors (Lipinski definition) is 6. The van der Waals surface area contributed by atoms with Crippen LogP contribution in [-0.2, 0) is 6.54 Å². The van der Waals surface area contributed by atoms with Crippen LogP contribution in [0.3, 0.4) is 0 Å². The van der Waals surface area contributed by atoms with E-state index in [4.69, 9.17) is 4.52 Å². The number of halogens is 2. The lowest BCUT2D eigenvalue weighted by atomic mass is 9.86. The van der Waals surface area contributed by atoms with E-state index in [0.717, 1.165) is 10.6 Å². The number of nitrogens with one attached hydrogen (secondary N) is 1. The molecule has 28 heavy (non-hydrogen) atoms. The van der Waals surface area contributed by atoms with Gasteiger partial charge in [-0.25, -0.2) is 13.8 Å². The highest BCUT2D eigenvalue weighted by atomic mass is 32.1. The summed E-state index contributed by atoms with van der Waals surface area (Å²) in [5, 5.41) is 9.04. The van der Waals surface area contributed by atoms with Crippen molar-refractivity contribution in [1.29, 1.82) is 0 Å². The first kappa shape index (κ1) is 18.7. The summed E-state index contributed by atoms with van der Waals surface area (Å²) in [6.07, 6.45) is 0.344. The van der Waals surface area contributed by atoms with Gasteiger partial charge in [0.25, 0.3) is 5.91 Å². The zero-order valence-corrected chi connectivity index (χ0v) is 15.7. The maximum absolute atomic E-state index is 13.3. The van der Waals surface area contributed by atoms with Crippen molar-refractivity contribution in [3.63, 3.8) is 0 Å². The summed E-state index contributed by atoms with van der Waals surface area (Å²) in [6, 6.07) is 9.61. The molecule has 3 aromatic rings. The van der Waals surface area contributed by atoms with Gasteiger partial charge in [-0.2, -0.15) is 4.98 Å². The summed E-state index contributed by atoms with van der Waals surface area (Å²) in [5.41, 5.74) is 1.27. The summed E-state index contributed by atoms with van der Waals surface area (Å²) in [5.74, 6) is -2.38. The van der Waals surface area contributed by atoms with E-state index in [-0.39, 0.29) is 37.1 Å². The number of thiazole rings is 1. The number of aromatic nitrogens is 3. The minimum absolute atomic E-state index is 0.0624. The SMILES string of the molecule is O=C(NCc1nc(C2CCC(F)(F)CC2)no1)c1csc(-c2ccccc2)n1. The van der Waals surface area contributed by atoms with Crippen LogP contribution >= 0.6 is 11.3 Å². The van der Waals surface area contributed by atoms with Crippen LogP contribution < -0.4 is 5.32 Å². The van der Waals surface area contributed by atoms with Gasteiger partial charge in [0.1, 0.15) is 10.7 Å². The number of alkyl halides is 2. The van der Waals surface area contributed by atoms with E-state index >= 15 is 0 Å². The monoisotopic (exact) mass is 404 g/mol. The van der Waals surface area contributed by atoms with Crippen LogP contribution in [0.15, 0.2) is 40.2 Å². The van der Waals surface area contributed by atoms with Crippen molar-refractivity contribution in [2.45, 2.75) is 44.1 Å². The van der Waals surface area contributed by atoms with Gasteiger partial charge in [0.05, 0.1) is 6.54 Å². The molecule has 2 heterocycles. The van der Waals surface area contributed by atoms with E-state index < -0.39 is 5.92 Å². The van der Waals surface area contributed by atoms with Crippen molar-refractivity contribution in [3.05, 3.63) is 53.1 Å². The Labute approximate surface area is 164 Å². The number of carbonyl (C=O) groups excluding carboxylic acids is 1. The van der Waals surface area contributed by atoms with Gasteiger partial charge in [0.2, 0.25) is 11.8 Å². The van der Waals surface area contributed by atoms with Crippen LogP contribution in [0.4, 0.5) is 8.78 Å². The Morgan fingerprint density at radius 3 is 2.71 bits per heavy atom. The van der Waals surface area contributed by atoms with Crippen LogP contribution in [0, 0.1) is 0 Å². The van der Waals surface area contributed by atoms with Gasteiger partial charge >= 0.3 is 0 Å². The van der Waals surface area contributed by atoms with Crippen molar-refractivity contribution < 1.29 is 18.1 Å². The molecule has 4 rings (SSSR count). The molecule has 1 amide bonds. The maximum Gasteiger partial charge on any atom is 0.271 e. The molecule has 2 aromatic heterocycles. The van der Waals surface area contributed by atoms with Gasteiger partial charge < -0.3 is 9.84 Å². The van der Waals surface area contributed by atoms with Crippen molar-refractivity contribution in [2.75, 3.05) is 0 Å². The summed E-state index contributed by atoms with van der Waals surface area (Å²) >= 11 is 1.39. The van der Waals surface area contributed by atoms with E-state index in [0.29, 0.717) is 24.4 Å². The Bertz CT molecular complexity index is 948. The quantitative estimate of drug-likeness (QED) is 0.681. The minimum Gasteiger partial charge on any atom is -0.342 e. The van der Waals surface area contributed by atoms with Crippen molar-refractivity contribution in [3.8, 4) is 10.6 Å². The summed E-state index contributed by atoms with van der Waals surface area (Å²) < 4.78 is 31.7. The highest BCUT2D eigenvalue weighted by Crippen LogP contribution is 2.39. The van der Waals surface area contributed by atoms with E-state index in [1.165, 1.54) is 11.3 Å². The lowest BCUT2D eigenvalue weighted by Gasteiger charge is -2.26. The topological polar surface area (TPSA) is 80.9 Å². The lowest BCUT2D eigenvalue weighted by molar-refractivity contribution is -0.0389. The molecule has 9 heteroatoms. The highest BCUT2D eigenvalue weighted by molar-refractivity contribution is 7.13. The zero-order chi connectivity index (χ0) is 19.6. The van der Waals surface area contributed by atoms with Crippen LogP contribution in [0.5, 0.6) is 0 Å². The van der Waals surface area contributed by atoms with Gasteiger partial charge in [-0.1, -0.05) is 35.5 Å². The Hall–Kier alpha value is -2.68. The predicted octanol–water partition coefficient (Wildman–Crippen LogP) is 4.42. The molecule has 146 valence electrons. The standard InChI is InChI=1S/C19H18F2N4O2S/c20-19(21)8-6-12(7-9-19)16-24-15(27-25-16)10-22-17(26)14-11-28-18(23-14)13-4-2-1-3-5-13/h1-5,11-12H,6-10H2,(H,22,26). The normalized spacial score (nSPS) is 16.8. The largest absolute Gasteiger partial charge is 0.342 e. The molecule has 0 bridgehead atoms. The third-order valence-electron chi connectivity index (χ3n) is 4.72. The number of rotatable bonds is 5. The van der Waals surface area contributed by atoms with Crippen molar-refractivity contribution in [1.82, 2.24) is 20.4 Å².